The molecule has 0 radical (unpaired) electrons. The Bertz CT molecular complexity index is 2480. The van der Waals surface area contributed by atoms with Gasteiger partial charge in [0.1, 0.15) is 0 Å². The number of carbonyl (C=O) groups excluding carboxylic acids is 1. The van der Waals surface area contributed by atoms with Crippen molar-refractivity contribution in [3.05, 3.63) is 146 Å². The van der Waals surface area contributed by atoms with Crippen LogP contribution in [0.25, 0.3) is 16.6 Å². The zero-order chi connectivity index (χ0) is 38.6. The number of ether oxygens (including phenoxy) is 1. The summed E-state index contributed by atoms with van der Waals surface area (Å²) in [7, 11) is -3.04. The van der Waals surface area contributed by atoms with Crippen LogP contribution in [0.1, 0.15) is 41.6 Å². The molecule has 1 saturated heterocycles. The van der Waals surface area contributed by atoms with E-state index in [9.17, 15) is 29.6 Å². The molecule has 1 amide bonds. The third-order valence-electron chi connectivity index (χ3n) is 11.2. The number of nitrogens with zero attached hydrogens (tertiary/aromatic N) is 6. The summed E-state index contributed by atoms with van der Waals surface area (Å²) in [6.45, 7) is 5.86. The van der Waals surface area contributed by atoms with Crippen molar-refractivity contribution < 1.29 is 24.4 Å². The van der Waals surface area contributed by atoms with E-state index in [0.29, 0.717) is 46.5 Å². The lowest BCUT2D eigenvalue weighted by Gasteiger charge is -2.32. The molecule has 8 rings (SSSR count). The number of benzene rings is 4. The lowest BCUT2D eigenvalue weighted by molar-refractivity contribution is -0.385. The quantitative estimate of drug-likeness (QED) is 0.0888. The van der Waals surface area contributed by atoms with E-state index in [1.165, 1.54) is 16.8 Å². The summed E-state index contributed by atoms with van der Waals surface area (Å²) in [5.41, 5.74) is 2.04. The topological polar surface area (TPSA) is 182 Å². The molecule has 282 valence electrons. The summed E-state index contributed by atoms with van der Waals surface area (Å²) in [6, 6.07) is 28.5. The number of aliphatic hydroxyl groups is 1. The number of hydrogen-bond donors (Lipinski definition) is 3. The molecule has 0 bridgehead atoms. The van der Waals surface area contributed by atoms with Gasteiger partial charge in [-0.1, -0.05) is 66.7 Å². The fraction of sp³-hybridized carbons (Fsp3) is 0.300. The first-order valence-electron chi connectivity index (χ1n) is 18.3. The van der Waals surface area contributed by atoms with E-state index in [1.54, 1.807) is 40.0 Å². The Balaban J connectivity index is 1.12. The molecule has 2 aliphatic rings. The first kappa shape index (κ1) is 36.2. The lowest BCUT2D eigenvalue weighted by atomic mass is 9.82. The van der Waals surface area contributed by atoms with Crippen LogP contribution in [0.3, 0.4) is 0 Å². The Morgan fingerprint density at radius 3 is 2.51 bits per heavy atom. The molecule has 0 aliphatic carbocycles. The van der Waals surface area contributed by atoms with E-state index in [-0.39, 0.29) is 36.2 Å². The Morgan fingerprint density at radius 1 is 1.02 bits per heavy atom. The van der Waals surface area contributed by atoms with Gasteiger partial charge in [-0.2, -0.15) is 0 Å². The van der Waals surface area contributed by atoms with Crippen molar-refractivity contribution in [3.8, 4) is 5.69 Å². The molecule has 55 heavy (non-hydrogen) atoms. The molecule has 4 aromatic carbocycles. The highest BCUT2D eigenvalue weighted by Gasteiger charge is 2.66. The molecule has 2 aromatic heterocycles. The predicted molar refractivity (Wildman–Crippen MR) is 207 cm³/mol. The summed E-state index contributed by atoms with van der Waals surface area (Å²) in [4.78, 5) is 53.2. The van der Waals surface area contributed by atoms with Crippen LogP contribution in [-0.2, 0) is 28.2 Å². The lowest BCUT2D eigenvalue weighted by Crippen LogP contribution is -2.46. The normalized spacial score (nSPS) is 21.4. The predicted octanol–water partition coefficient (Wildman–Crippen LogP) is 5.38. The minimum Gasteiger partial charge on any atom is -0.432 e. The van der Waals surface area contributed by atoms with E-state index >= 15 is 0 Å². The number of non-ortho nitro benzene ring substituents is 1. The maximum Gasteiger partial charge on any atom is 0.279 e. The molecule has 14 nitrogen and oxygen atoms in total. The number of aromatic nitrogens is 5. The van der Waals surface area contributed by atoms with Gasteiger partial charge in [0, 0.05) is 41.9 Å². The van der Waals surface area contributed by atoms with Crippen molar-refractivity contribution in [2.45, 2.75) is 62.7 Å². The number of aryl methyl sites for hydroxylation is 1. The summed E-state index contributed by atoms with van der Waals surface area (Å²) >= 11 is 0. The Morgan fingerprint density at radius 2 is 1.78 bits per heavy atom. The molecular weight excluding hydrogens is 719 g/mol. The van der Waals surface area contributed by atoms with Crippen molar-refractivity contribution in [2.24, 2.45) is 5.92 Å². The molecule has 5 atom stereocenters. The van der Waals surface area contributed by atoms with Gasteiger partial charge in [-0.25, -0.2) is 4.68 Å². The number of aliphatic hydroxyl groups excluding tert-OH is 1. The number of hydrogen-bond acceptors (Lipinski definition) is 9. The molecule has 1 fully saturated rings. The molecule has 1 spiro atoms. The number of fused-ring (bicyclic) bond motifs is 3. The number of nitro groups is 1. The van der Waals surface area contributed by atoms with E-state index < -0.39 is 36.4 Å². The monoisotopic (exact) mass is 759 g/mol. The Hall–Kier alpha value is -5.74. The van der Waals surface area contributed by atoms with Crippen LogP contribution in [0.5, 0.6) is 0 Å². The SMILES string of the molecule is C[C@H]1[C@H]([Si](C)(C)O)[C@@H](CCn2cc(C(CO)c3ccccc3)nn2)O[C@]12C(=O)N(Cc1cccc(-n3[nH]c4ccccc4c3=O)c1)c1ccc([N+](=O)[O-])cc12. The standard InChI is InChI=1S/C40H41N7O7Si/c1-25-37(55(2,3)53)36(18-19-44-23-34(41-43-44)31(24-48)27-11-5-4-6-12-27)54-40(25)32-21-29(47(51)52)16-17-35(32)45(39(40)50)22-26-10-9-13-28(20-26)46-38(49)30-14-7-8-15-33(30)42-46/h4-17,20-21,23,25,31,36-37,42,48,53H,18-19,22,24H2,1-3H3/t25-,31?,36+,37-,40+/m0/s1. The minimum absolute atomic E-state index is 0.106. The zero-order valence-corrected chi connectivity index (χ0v) is 31.6. The van der Waals surface area contributed by atoms with Crippen LogP contribution in [-0.4, -0.2) is 66.5 Å². The van der Waals surface area contributed by atoms with E-state index in [2.05, 4.69) is 15.4 Å². The van der Waals surface area contributed by atoms with Gasteiger partial charge in [-0.05, 0) is 61.0 Å². The molecule has 1 unspecified atom stereocenters. The second kappa shape index (κ2) is 13.8. The molecule has 4 heterocycles. The van der Waals surface area contributed by atoms with Crippen molar-refractivity contribution >= 4 is 36.5 Å². The Labute approximate surface area is 316 Å². The van der Waals surface area contributed by atoms with Crippen molar-refractivity contribution in [3.63, 3.8) is 0 Å². The number of nitro benzene ring substituents is 1. The van der Waals surface area contributed by atoms with Crippen LogP contribution < -0.4 is 10.5 Å². The van der Waals surface area contributed by atoms with Gasteiger partial charge in [-0.15, -0.1) is 5.10 Å². The second-order valence-corrected chi connectivity index (χ2v) is 19.0. The molecule has 15 heteroatoms. The number of H-pyrrole nitrogens is 1. The largest absolute Gasteiger partial charge is 0.432 e. The van der Waals surface area contributed by atoms with Crippen LogP contribution >= 0.6 is 0 Å². The van der Waals surface area contributed by atoms with Gasteiger partial charge in [0.15, 0.2) is 13.9 Å². The number of anilines is 1. The number of amides is 1. The van der Waals surface area contributed by atoms with Crippen LogP contribution in [0.4, 0.5) is 11.4 Å². The van der Waals surface area contributed by atoms with Crippen LogP contribution in [0, 0.1) is 16.0 Å². The third kappa shape index (κ3) is 6.18. The fourth-order valence-electron chi connectivity index (χ4n) is 8.72. The molecular formula is C40H41N7O7Si. The van der Waals surface area contributed by atoms with E-state index in [4.69, 9.17) is 4.74 Å². The first-order chi connectivity index (χ1) is 26.4. The van der Waals surface area contributed by atoms with Gasteiger partial charge in [0.2, 0.25) is 0 Å². The summed E-state index contributed by atoms with van der Waals surface area (Å²) in [6.07, 6.45) is 1.58. The highest BCUT2D eigenvalue weighted by molar-refractivity contribution is 6.71. The van der Waals surface area contributed by atoms with Crippen molar-refractivity contribution in [1.82, 2.24) is 24.8 Å². The molecule has 3 N–H and O–H groups in total. The zero-order valence-electron chi connectivity index (χ0n) is 30.6. The number of carbonyl (C=O) groups is 1. The van der Waals surface area contributed by atoms with E-state index in [1.807, 2.05) is 80.7 Å². The second-order valence-electron chi connectivity index (χ2n) is 15.0. The number of rotatable bonds is 11. The van der Waals surface area contributed by atoms with Gasteiger partial charge >= 0.3 is 0 Å². The number of aromatic amines is 1. The van der Waals surface area contributed by atoms with Gasteiger partial charge in [0.05, 0.1) is 58.1 Å². The van der Waals surface area contributed by atoms with Crippen LogP contribution in [0.2, 0.25) is 18.6 Å². The summed E-state index contributed by atoms with van der Waals surface area (Å²) < 4.78 is 10.1. The fourth-order valence-corrected chi connectivity index (χ4v) is 11.3. The highest BCUT2D eigenvalue weighted by atomic mass is 28.4. The Kier molecular flexibility index (Phi) is 9.12. The molecule has 2 aliphatic heterocycles. The third-order valence-corrected chi connectivity index (χ3v) is 13.7. The highest BCUT2D eigenvalue weighted by Crippen LogP contribution is 2.60. The number of para-hydroxylation sites is 1. The van der Waals surface area contributed by atoms with Crippen molar-refractivity contribution in [2.75, 3.05) is 11.5 Å². The smallest absolute Gasteiger partial charge is 0.279 e. The maximum absolute atomic E-state index is 15.0. The minimum atomic E-state index is -3.04. The van der Waals surface area contributed by atoms with Crippen LogP contribution in [0.15, 0.2) is 108 Å². The average Bonchev–Trinajstić information content (AvgIpc) is 3.91. The molecule has 6 aromatic rings. The van der Waals surface area contributed by atoms with E-state index in [0.717, 1.165) is 11.1 Å². The van der Waals surface area contributed by atoms with Crippen molar-refractivity contribution in [1.29, 1.82) is 0 Å². The van der Waals surface area contributed by atoms with Gasteiger partial charge < -0.3 is 19.5 Å². The number of nitrogens with one attached hydrogen (secondary N) is 1. The summed E-state index contributed by atoms with van der Waals surface area (Å²) in [5, 5.41) is 34.6. The first-order valence-corrected chi connectivity index (χ1v) is 21.3. The maximum atomic E-state index is 15.0. The summed E-state index contributed by atoms with van der Waals surface area (Å²) in [5.74, 6) is -1.26. The van der Waals surface area contributed by atoms with Gasteiger partial charge in [0.25, 0.3) is 17.2 Å². The molecule has 0 saturated carbocycles. The van der Waals surface area contributed by atoms with Gasteiger partial charge in [-0.3, -0.25) is 29.5 Å². The average molecular weight is 760 g/mol.